The first-order chi connectivity index (χ1) is 9.63. The lowest BCUT2D eigenvalue weighted by atomic mass is 10.1. The molecule has 20 heavy (non-hydrogen) atoms. The van der Waals surface area contributed by atoms with Gasteiger partial charge in [-0.3, -0.25) is 0 Å². The molecule has 0 radical (unpaired) electrons. The summed E-state index contributed by atoms with van der Waals surface area (Å²) in [6.45, 7) is 7.01. The van der Waals surface area contributed by atoms with E-state index in [2.05, 4.69) is 41.2 Å². The summed E-state index contributed by atoms with van der Waals surface area (Å²) >= 11 is 1.97. The van der Waals surface area contributed by atoms with Gasteiger partial charge in [-0.25, -0.2) is 0 Å². The Morgan fingerprint density at radius 3 is 2.95 bits per heavy atom. The van der Waals surface area contributed by atoms with E-state index in [1.807, 2.05) is 18.7 Å². The highest BCUT2D eigenvalue weighted by atomic mass is 32.2. The maximum absolute atomic E-state index is 8.73. The average molecular weight is 293 g/mol. The van der Waals surface area contributed by atoms with E-state index in [1.54, 1.807) is 0 Å². The Morgan fingerprint density at radius 1 is 1.55 bits per heavy atom. The Balaban J connectivity index is 1.89. The molecule has 2 atom stereocenters. The Bertz CT molecular complexity index is 453. The summed E-state index contributed by atoms with van der Waals surface area (Å²) in [5, 5.41) is 12.4. The van der Waals surface area contributed by atoms with Crippen LogP contribution >= 0.6 is 11.8 Å². The first kappa shape index (κ1) is 15.2. The van der Waals surface area contributed by atoms with Crippen LogP contribution in [-0.2, 0) is 6.42 Å². The number of rotatable bonds is 6. The van der Waals surface area contributed by atoms with Crippen molar-refractivity contribution in [2.75, 3.05) is 19.6 Å². The maximum Gasteiger partial charge on any atom is 0.143 e. The van der Waals surface area contributed by atoms with E-state index < -0.39 is 0 Å². The molecule has 5 heteroatoms. The van der Waals surface area contributed by atoms with Crippen molar-refractivity contribution in [1.29, 1.82) is 0 Å². The molecule has 1 heterocycles. The molecular weight excluding hydrogens is 270 g/mol. The van der Waals surface area contributed by atoms with E-state index in [9.17, 15) is 0 Å². The molecule has 0 saturated heterocycles. The number of amidine groups is 1. The molecule has 0 amide bonds. The highest BCUT2D eigenvalue weighted by Crippen LogP contribution is 2.37. The molecule has 0 saturated carbocycles. The number of hydrogen-bond donors (Lipinski definition) is 2. The van der Waals surface area contributed by atoms with Crippen LogP contribution in [0.25, 0.3) is 0 Å². The van der Waals surface area contributed by atoms with Crippen molar-refractivity contribution in [3.63, 3.8) is 0 Å². The Labute approximate surface area is 125 Å². The van der Waals surface area contributed by atoms with Crippen LogP contribution in [0.3, 0.4) is 0 Å². The van der Waals surface area contributed by atoms with Gasteiger partial charge in [0, 0.05) is 29.2 Å². The number of nitrogens with zero attached hydrogens (tertiary/aromatic N) is 2. The van der Waals surface area contributed by atoms with E-state index in [4.69, 9.17) is 10.9 Å². The fourth-order valence-electron chi connectivity index (χ4n) is 2.56. The third-order valence-electron chi connectivity index (χ3n) is 3.78. The van der Waals surface area contributed by atoms with Gasteiger partial charge in [-0.05, 0) is 24.6 Å². The molecular formula is C15H23N3OS. The number of benzene rings is 1. The molecule has 0 aromatic heterocycles. The van der Waals surface area contributed by atoms with Gasteiger partial charge in [-0.2, -0.15) is 0 Å². The number of hydrogen-bond acceptors (Lipinski definition) is 4. The van der Waals surface area contributed by atoms with Gasteiger partial charge in [0.15, 0.2) is 0 Å². The van der Waals surface area contributed by atoms with Gasteiger partial charge < -0.3 is 15.8 Å². The zero-order chi connectivity index (χ0) is 14.5. The highest BCUT2D eigenvalue weighted by molar-refractivity contribution is 8.00. The lowest BCUT2D eigenvalue weighted by Crippen LogP contribution is -2.38. The molecule has 3 N–H and O–H groups in total. The van der Waals surface area contributed by atoms with Crippen molar-refractivity contribution >= 4 is 17.6 Å². The van der Waals surface area contributed by atoms with Gasteiger partial charge in [0.2, 0.25) is 0 Å². The van der Waals surface area contributed by atoms with Crippen LogP contribution in [0.15, 0.2) is 34.3 Å². The molecule has 110 valence electrons. The summed E-state index contributed by atoms with van der Waals surface area (Å²) < 4.78 is 0. The van der Waals surface area contributed by atoms with Crippen LogP contribution in [0.5, 0.6) is 0 Å². The van der Waals surface area contributed by atoms with Gasteiger partial charge in [-0.1, -0.05) is 37.2 Å². The Hall–Kier alpha value is -1.20. The van der Waals surface area contributed by atoms with Gasteiger partial charge in [-0.15, -0.1) is 11.8 Å². The monoisotopic (exact) mass is 293 g/mol. The average Bonchev–Trinajstić information content (AvgIpc) is 2.87. The molecule has 0 bridgehead atoms. The largest absolute Gasteiger partial charge is 0.409 e. The van der Waals surface area contributed by atoms with Crippen LogP contribution in [0.4, 0.5) is 0 Å². The summed E-state index contributed by atoms with van der Waals surface area (Å²) in [5.74, 6) is 0.388. The van der Waals surface area contributed by atoms with Gasteiger partial charge in [0.25, 0.3) is 0 Å². The number of thioether (sulfide) groups is 1. The molecule has 0 aliphatic carbocycles. The highest BCUT2D eigenvalue weighted by Gasteiger charge is 2.24. The molecule has 1 aromatic rings. The van der Waals surface area contributed by atoms with Crippen molar-refractivity contribution < 1.29 is 5.21 Å². The second-order valence-electron chi connectivity index (χ2n) is 5.33. The second kappa shape index (κ2) is 6.99. The van der Waals surface area contributed by atoms with Crippen LogP contribution in [-0.4, -0.2) is 40.8 Å². The fourth-order valence-corrected chi connectivity index (χ4v) is 3.92. The van der Waals surface area contributed by atoms with E-state index in [-0.39, 0.29) is 5.92 Å². The molecule has 0 spiro atoms. The second-order valence-corrected chi connectivity index (χ2v) is 6.67. The lowest BCUT2D eigenvalue weighted by molar-refractivity contribution is 0.266. The first-order valence-electron chi connectivity index (χ1n) is 7.08. The van der Waals surface area contributed by atoms with Crippen LogP contribution in [0.1, 0.15) is 19.4 Å². The lowest BCUT2D eigenvalue weighted by Gasteiger charge is -2.26. The maximum atomic E-state index is 8.73. The minimum Gasteiger partial charge on any atom is -0.409 e. The molecule has 0 fully saturated rings. The molecule has 2 rings (SSSR count). The smallest absolute Gasteiger partial charge is 0.143 e. The third-order valence-corrected chi connectivity index (χ3v) is 5.08. The zero-order valence-electron chi connectivity index (χ0n) is 12.1. The molecule has 1 aliphatic heterocycles. The number of oxime groups is 1. The quantitative estimate of drug-likeness (QED) is 0.366. The summed E-state index contributed by atoms with van der Waals surface area (Å²) in [5.41, 5.74) is 7.13. The van der Waals surface area contributed by atoms with Crippen molar-refractivity contribution in [3.05, 3.63) is 29.8 Å². The van der Waals surface area contributed by atoms with E-state index >= 15 is 0 Å². The SMILES string of the molecule is CCN(CC1Cc2ccccc2S1)CC(C)C(N)=NO. The fraction of sp³-hybridized carbons (Fsp3) is 0.533. The van der Waals surface area contributed by atoms with Gasteiger partial charge in [0.1, 0.15) is 5.84 Å². The first-order valence-corrected chi connectivity index (χ1v) is 7.96. The topological polar surface area (TPSA) is 61.8 Å². The van der Waals surface area contributed by atoms with Gasteiger partial charge in [0.05, 0.1) is 0 Å². The van der Waals surface area contributed by atoms with Crippen molar-refractivity contribution in [1.82, 2.24) is 4.90 Å². The molecule has 1 aromatic carbocycles. The minimum absolute atomic E-state index is 0.0775. The van der Waals surface area contributed by atoms with E-state index in [1.165, 1.54) is 10.5 Å². The van der Waals surface area contributed by atoms with Gasteiger partial charge >= 0.3 is 0 Å². The molecule has 1 aliphatic rings. The normalized spacial score (nSPS) is 20.1. The summed E-state index contributed by atoms with van der Waals surface area (Å²) in [6.07, 6.45) is 1.13. The summed E-state index contributed by atoms with van der Waals surface area (Å²) in [6, 6.07) is 8.64. The summed E-state index contributed by atoms with van der Waals surface area (Å²) in [7, 11) is 0. The third kappa shape index (κ3) is 3.67. The Kier molecular flexibility index (Phi) is 5.31. The van der Waals surface area contributed by atoms with Crippen molar-refractivity contribution in [2.45, 2.75) is 30.4 Å². The predicted octanol–water partition coefficient (Wildman–Crippen LogP) is 2.41. The van der Waals surface area contributed by atoms with E-state index in [0.717, 1.165) is 26.1 Å². The molecule has 4 nitrogen and oxygen atoms in total. The van der Waals surface area contributed by atoms with Crippen LogP contribution in [0, 0.1) is 5.92 Å². The standard InChI is InChI=1S/C15H23N3OS/c1-3-18(9-11(2)15(16)17-19)10-13-8-12-6-4-5-7-14(12)20-13/h4-7,11,13,19H,3,8-10H2,1-2H3,(H2,16,17). The number of fused-ring (bicyclic) bond motifs is 1. The van der Waals surface area contributed by atoms with Crippen molar-refractivity contribution in [3.8, 4) is 0 Å². The summed E-state index contributed by atoms with van der Waals surface area (Å²) in [4.78, 5) is 3.80. The van der Waals surface area contributed by atoms with E-state index in [0.29, 0.717) is 11.1 Å². The number of nitrogens with two attached hydrogens (primary N) is 1. The van der Waals surface area contributed by atoms with Crippen molar-refractivity contribution in [2.24, 2.45) is 16.8 Å². The zero-order valence-corrected chi connectivity index (χ0v) is 12.9. The van der Waals surface area contributed by atoms with Crippen LogP contribution < -0.4 is 5.73 Å². The minimum atomic E-state index is 0.0775. The predicted molar refractivity (Wildman–Crippen MR) is 84.5 cm³/mol. The van der Waals surface area contributed by atoms with Crippen LogP contribution in [0.2, 0.25) is 0 Å². The molecule has 2 unspecified atom stereocenters. The Morgan fingerprint density at radius 2 is 2.30 bits per heavy atom.